The standard InChI is InChI=1S/C19H22O5/c1-12(2)7-9-22-16-11-15-14(5-6-17(20)24-15)18(21)19(16)23-10-8-13(3)4/h5-8,11,21H,9-10H2,1-4H3. The number of phenols is 1. The fourth-order valence-corrected chi connectivity index (χ4v) is 1.99. The van der Waals surface area contributed by atoms with Crippen LogP contribution in [-0.2, 0) is 0 Å². The Morgan fingerprint density at radius 1 is 1.08 bits per heavy atom. The molecule has 1 N–H and O–H groups in total. The Morgan fingerprint density at radius 2 is 1.71 bits per heavy atom. The van der Waals surface area contributed by atoms with E-state index in [2.05, 4.69) is 0 Å². The third-order valence-electron chi connectivity index (χ3n) is 3.27. The Bertz CT molecular complexity index is 835. The van der Waals surface area contributed by atoms with E-state index in [1.807, 2.05) is 39.8 Å². The van der Waals surface area contributed by atoms with Crippen LogP contribution < -0.4 is 15.1 Å². The number of aromatic hydroxyl groups is 1. The van der Waals surface area contributed by atoms with Crippen LogP contribution in [0.2, 0.25) is 0 Å². The van der Waals surface area contributed by atoms with Crippen molar-refractivity contribution in [1.29, 1.82) is 0 Å². The van der Waals surface area contributed by atoms with Crippen molar-refractivity contribution >= 4 is 11.0 Å². The van der Waals surface area contributed by atoms with Crippen LogP contribution in [0.25, 0.3) is 11.0 Å². The minimum absolute atomic E-state index is 0.106. The zero-order chi connectivity index (χ0) is 17.7. The average Bonchev–Trinajstić information content (AvgIpc) is 2.49. The van der Waals surface area contributed by atoms with E-state index < -0.39 is 5.63 Å². The molecule has 1 heterocycles. The van der Waals surface area contributed by atoms with Gasteiger partial charge in [-0.25, -0.2) is 4.79 Å². The minimum atomic E-state index is -0.490. The molecule has 0 amide bonds. The van der Waals surface area contributed by atoms with Crippen LogP contribution in [0.5, 0.6) is 17.2 Å². The molecule has 1 aromatic heterocycles. The summed E-state index contributed by atoms with van der Waals surface area (Å²) in [6.07, 6.45) is 3.80. The summed E-state index contributed by atoms with van der Waals surface area (Å²) in [7, 11) is 0. The summed E-state index contributed by atoms with van der Waals surface area (Å²) in [5, 5.41) is 10.9. The predicted molar refractivity (Wildman–Crippen MR) is 94.0 cm³/mol. The van der Waals surface area contributed by atoms with Gasteiger partial charge in [0.1, 0.15) is 18.8 Å². The number of allylic oxidation sites excluding steroid dienone is 2. The van der Waals surface area contributed by atoms with Crippen molar-refractivity contribution in [2.24, 2.45) is 0 Å². The zero-order valence-electron chi connectivity index (χ0n) is 14.4. The summed E-state index contributed by atoms with van der Waals surface area (Å²) in [6, 6.07) is 4.32. The number of fused-ring (bicyclic) bond motifs is 1. The number of ether oxygens (including phenoxy) is 2. The molecule has 0 radical (unpaired) electrons. The molecule has 2 rings (SSSR count). The van der Waals surface area contributed by atoms with Gasteiger partial charge in [0.2, 0.25) is 5.75 Å². The SMILES string of the molecule is CC(C)=CCOc1cc2oc(=O)ccc2c(O)c1OCC=C(C)C. The largest absolute Gasteiger partial charge is 0.504 e. The molecular weight excluding hydrogens is 308 g/mol. The number of rotatable bonds is 6. The lowest BCUT2D eigenvalue weighted by molar-refractivity contribution is 0.293. The molecule has 5 heteroatoms. The number of phenolic OH excluding ortho intramolecular Hbond substituents is 1. The van der Waals surface area contributed by atoms with Crippen molar-refractivity contribution in [3.05, 3.63) is 51.9 Å². The van der Waals surface area contributed by atoms with Crippen LogP contribution in [0.1, 0.15) is 27.7 Å². The first-order valence-electron chi connectivity index (χ1n) is 7.70. The molecule has 2 aromatic rings. The average molecular weight is 330 g/mol. The molecule has 0 saturated heterocycles. The Morgan fingerprint density at radius 3 is 2.33 bits per heavy atom. The van der Waals surface area contributed by atoms with Crippen molar-refractivity contribution in [3.63, 3.8) is 0 Å². The fourth-order valence-electron chi connectivity index (χ4n) is 1.99. The smallest absolute Gasteiger partial charge is 0.336 e. The Hall–Kier alpha value is -2.69. The minimum Gasteiger partial charge on any atom is -0.504 e. The normalized spacial score (nSPS) is 10.3. The van der Waals surface area contributed by atoms with E-state index in [-0.39, 0.29) is 17.1 Å². The second kappa shape index (κ2) is 7.73. The highest BCUT2D eigenvalue weighted by Crippen LogP contribution is 2.42. The van der Waals surface area contributed by atoms with Crippen LogP contribution in [0, 0.1) is 0 Å². The molecule has 0 aliphatic rings. The van der Waals surface area contributed by atoms with E-state index in [0.29, 0.717) is 24.3 Å². The van der Waals surface area contributed by atoms with Crippen molar-refractivity contribution in [2.45, 2.75) is 27.7 Å². The highest BCUT2D eigenvalue weighted by atomic mass is 16.5. The van der Waals surface area contributed by atoms with Gasteiger partial charge in [0.05, 0.1) is 5.39 Å². The highest BCUT2D eigenvalue weighted by Gasteiger charge is 2.17. The summed E-state index contributed by atoms with van der Waals surface area (Å²) in [5.74, 6) is 0.454. The summed E-state index contributed by atoms with van der Waals surface area (Å²) < 4.78 is 16.5. The summed E-state index contributed by atoms with van der Waals surface area (Å²) in [5.41, 5.74) is 1.98. The van der Waals surface area contributed by atoms with E-state index in [1.165, 1.54) is 12.1 Å². The van der Waals surface area contributed by atoms with Crippen molar-refractivity contribution in [1.82, 2.24) is 0 Å². The molecular formula is C19H22O5. The third-order valence-corrected chi connectivity index (χ3v) is 3.27. The predicted octanol–water partition coefficient (Wildman–Crippen LogP) is 4.19. The summed E-state index contributed by atoms with van der Waals surface area (Å²) >= 11 is 0. The van der Waals surface area contributed by atoms with Crippen LogP contribution in [-0.4, -0.2) is 18.3 Å². The molecule has 0 atom stereocenters. The molecule has 24 heavy (non-hydrogen) atoms. The second-order valence-corrected chi connectivity index (χ2v) is 5.90. The van der Waals surface area contributed by atoms with Crippen LogP contribution in [0.3, 0.4) is 0 Å². The van der Waals surface area contributed by atoms with Gasteiger partial charge in [-0.05, 0) is 45.9 Å². The van der Waals surface area contributed by atoms with Gasteiger partial charge in [0.25, 0.3) is 0 Å². The molecule has 0 aliphatic carbocycles. The van der Waals surface area contributed by atoms with E-state index in [4.69, 9.17) is 13.9 Å². The van der Waals surface area contributed by atoms with Crippen molar-refractivity contribution in [2.75, 3.05) is 13.2 Å². The molecule has 128 valence electrons. The van der Waals surface area contributed by atoms with Gasteiger partial charge in [0, 0.05) is 12.1 Å². The van der Waals surface area contributed by atoms with E-state index in [1.54, 1.807) is 6.07 Å². The second-order valence-electron chi connectivity index (χ2n) is 5.90. The van der Waals surface area contributed by atoms with Crippen molar-refractivity contribution in [3.8, 4) is 17.2 Å². The van der Waals surface area contributed by atoms with Gasteiger partial charge in [0.15, 0.2) is 11.5 Å². The van der Waals surface area contributed by atoms with E-state index >= 15 is 0 Å². The monoisotopic (exact) mass is 330 g/mol. The molecule has 0 unspecified atom stereocenters. The highest BCUT2D eigenvalue weighted by molar-refractivity contribution is 5.88. The maximum absolute atomic E-state index is 11.4. The quantitative estimate of drug-likeness (QED) is 0.635. The summed E-state index contributed by atoms with van der Waals surface area (Å²) in [6.45, 7) is 8.48. The Labute approximate surface area is 140 Å². The third kappa shape index (κ3) is 4.41. The lowest BCUT2D eigenvalue weighted by Crippen LogP contribution is -2.02. The molecule has 1 aromatic carbocycles. The van der Waals surface area contributed by atoms with Crippen molar-refractivity contribution < 1.29 is 19.0 Å². The number of benzene rings is 1. The van der Waals surface area contributed by atoms with Crippen LogP contribution in [0.15, 0.2) is 50.7 Å². The zero-order valence-corrected chi connectivity index (χ0v) is 14.4. The van der Waals surface area contributed by atoms with E-state index in [0.717, 1.165) is 11.1 Å². The lowest BCUT2D eigenvalue weighted by Gasteiger charge is -2.14. The van der Waals surface area contributed by atoms with Gasteiger partial charge in [-0.1, -0.05) is 11.1 Å². The van der Waals surface area contributed by atoms with Gasteiger partial charge >= 0.3 is 5.63 Å². The first-order valence-corrected chi connectivity index (χ1v) is 7.70. The number of hydrogen-bond acceptors (Lipinski definition) is 5. The number of hydrogen-bond donors (Lipinski definition) is 1. The molecule has 5 nitrogen and oxygen atoms in total. The topological polar surface area (TPSA) is 68.9 Å². The first-order chi connectivity index (χ1) is 11.4. The van der Waals surface area contributed by atoms with Gasteiger partial charge in [-0.15, -0.1) is 0 Å². The maximum Gasteiger partial charge on any atom is 0.336 e. The summed E-state index contributed by atoms with van der Waals surface area (Å²) in [4.78, 5) is 11.4. The fraction of sp³-hybridized carbons (Fsp3) is 0.316. The lowest BCUT2D eigenvalue weighted by atomic mass is 10.2. The Balaban J connectivity index is 2.46. The van der Waals surface area contributed by atoms with Crippen LogP contribution in [0.4, 0.5) is 0 Å². The molecule has 0 aliphatic heterocycles. The van der Waals surface area contributed by atoms with Crippen LogP contribution >= 0.6 is 0 Å². The van der Waals surface area contributed by atoms with Gasteiger partial charge in [-0.2, -0.15) is 0 Å². The molecule has 0 bridgehead atoms. The van der Waals surface area contributed by atoms with Gasteiger partial charge in [-0.3, -0.25) is 0 Å². The molecule has 0 saturated carbocycles. The van der Waals surface area contributed by atoms with Gasteiger partial charge < -0.3 is 19.0 Å². The maximum atomic E-state index is 11.4. The Kier molecular flexibility index (Phi) is 5.68. The molecule has 0 fully saturated rings. The van der Waals surface area contributed by atoms with E-state index in [9.17, 15) is 9.90 Å². The molecule has 0 spiro atoms. The first kappa shape index (κ1) is 17.7.